The maximum Gasteiger partial charge on any atom is 0.251 e. The summed E-state index contributed by atoms with van der Waals surface area (Å²) in [6, 6.07) is 13.0. The van der Waals surface area contributed by atoms with E-state index in [-0.39, 0.29) is 46.9 Å². The summed E-state index contributed by atoms with van der Waals surface area (Å²) in [7, 11) is -3.74. The number of rotatable bonds is 7. The first kappa shape index (κ1) is 24.9. The summed E-state index contributed by atoms with van der Waals surface area (Å²) >= 11 is 0. The van der Waals surface area contributed by atoms with Gasteiger partial charge in [0.2, 0.25) is 21.8 Å². The first-order chi connectivity index (χ1) is 16.7. The molecule has 1 aliphatic heterocycles. The lowest BCUT2D eigenvalue weighted by atomic mass is 9.72. The van der Waals surface area contributed by atoms with Crippen molar-refractivity contribution in [2.45, 2.75) is 49.5 Å². The van der Waals surface area contributed by atoms with Crippen LogP contribution in [0, 0.1) is 11.8 Å². The van der Waals surface area contributed by atoms with Crippen molar-refractivity contribution in [1.82, 2.24) is 10.6 Å². The van der Waals surface area contributed by atoms with E-state index in [1.165, 1.54) is 12.1 Å². The Hall–Kier alpha value is -3.24. The van der Waals surface area contributed by atoms with Gasteiger partial charge in [-0.05, 0) is 61.1 Å². The summed E-state index contributed by atoms with van der Waals surface area (Å²) in [5, 5.41) is 13.9. The van der Waals surface area contributed by atoms with Gasteiger partial charge in [-0.25, -0.2) is 13.6 Å². The Bertz CT molecular complexity index is 1210. The van der Waals surface area contributed by atoms with Crippen LogP contribution >= 0.6 is 0 Å². The predicted octanol–water partition coefficient (Wildman–Crippen LogP) is 1.94. The Balaban J connectivity index is 1.33. The number of sulfonamides is 1. The van der Waals surface area contributed by atoms with Crippen molar-refractivity contribution in [2.24, 2.45) is 17.0 Å². The van der Waals surface area contributed by atoms with E-state index in [0.717, 1.165) is 31.2 Å². The van der Waals surface area contributed by atoms with Crippen LogP contribution in [-0.4, -0.2) is 38.7 Å². The Morgan fingerprint density at radius 3 is 2.54 bits per heavy atom. The normalized spacial score (nSPS) is 22.0. The van der Waals surface area contributed by atoms with Crippen LogP contribution in [0.2, 0.25) is 0 Å². The molecule has 0 spiro atoms. The van der Waals surface area contributed by atoms with Crippen molar-refractivity contribution in [2.75, 3.05) is 11.9 Å². The number of piperidine rings is 1. The molecule has 186 valence electrons. The SMILES string of the molecule is NS(=O)(=O)c1ccc(CCNC(=O)c2cccc(NC(=O)C3CC(=O)NC4CCCCC43)c2)cc1. The van der Waals surface area contributed by atoms with E-state index in [1.54, 1.807) is 36.4 Å². The van der Waals surface area contributed by atoms with Gasteiger partial charge in [-0.3, -0.25) is 14.4 Å². The minimum Gasteiger partial charge on any atom is -0.353 e. The second-order valence-corrected chi connectivity index (χ2v) is 10.8. The number of hydrogen-bond donors (Lipinski definition) is 4. The largest absolute Gasteiger partial charge is 0.353 e. The molecule has 1 heterocycles. The number of carbonyl (C=O) groups is 3. The van der Waals surface area contributed by atoms with Crippen molar-refractivity contribution < 1.29 is 22.8 Å². The van der Waals surface area contributed by atoms with Crippen LogP contribution in [0.25, 0.3) is 0 Å². The van der Waals surface area contributed by atoms with E-state index in [1.807, 2.05) is 0 Å². The van der Waals surface area contributed by atoms with Crippen LogP contribution in [0.15, 0.2) is 53.4 Å². The van der Waals surface area contributed by atoms with E-state index in [9.17, 15) is 22.8 Å². The van der Waals surface area contributed by atoms with Crippen molar-refractivity contribution in [3.8, 4) is 0 Å². The third-order valence-electron chi connectivity index (χ3n) is 6.77. The highest BCUT2D eigenvalue weighted by Crippen LogP contribution is 2.36. The highest BCUT2D eigenvalue weighted by molar-refractivity contribution is 7.89. The number of benzene rings is 2. The van der Waals surface area contributed by atoms with Gasteiger partial charge in [0.1, 0.15) is 0 Å². The van der Waals surface area contributed by atoms with Gasteiger partial charge in [-0.2, -0.15) is 0 Å². The predicted molar refractivity (Wildman–Crippen MR) is 131 cm³/mol. The molecule has 9 nitrogen and oxygen atoms in total. The zero-order chi connectivity index (χ0) is 25.0. The van der Waals surface area contributed by atoms with E-state index < -0.39 is 10.0 Å². The maximum atomic E-state index is 13.0. The zero-order valence-electron chi connectivity index (χ0n) is 19.3. The summed E-state index contributed by atoms with van der Waals surface area (Å²) in [4.78, 5) is 37.8. The van der Waals surface area contributed by atoms with Gasteiger partial charge in [0, 0.05) is 30.3 Å². The van der Waals surface area contributed by atoms with Crippen molar-refractivity contribution >= 4 is 33.4 Å². The van der Waals surface area contributed by atoms with Crippen LogP contribution in [0.1, 0.15) is 48.0 Å². The molecular weight excluding hydrogens is 468 g/mol. The van der Waals surface area contributed by atoms with Gasteiger partial charge in [0.05, 0.1) is 10.8 Å². The molecule has 4 rings (SSSR count). The van der Waals surface area contributed by atoms with E-state index in [4.69, 9.17) is 5.14 Å². The lowest BCUT2D eigenvalue weighted by Gasteiger charge is -2.40. The average Bonchev–Trinajstić information content (AvgIpc) is 2.83. The molecule has 0 radical (unpaired) electrons. The van der Waals surface area contributed by atoms with E-state index >= 15 is 0 Å². The summed E-state index contributed by atoms with van der Waals surface area (Å²) in [6.07, 6.45) is 4.66. The standard InChI is InChI=1S/C25H30N4O5S/c26-35(33,34)19-10-8-16(9-11-19)12-13-27-24(31)17-4-3-5-18(14-17)28-25(32)21-15-23(30)29-22-7-2-1-6-20(21)22/h3-5,8-11,14,20-22H,1-2,6-7,12-13,15H2,(H,27,31)(H,28,32)(H,29,30)(H2,26,33,34). The van der Waals surface area contributed by atoms with Crippen molar-refractivity contribution in [3.05, 3.63) is 59.7 Å². The first-order valence-electron chi connectivity index (χ1n) is 11.8. The Morgan fingerprint density at radius 1 is 1.06 bits per heavy atom. The summed E-state index contributed by atoms with van der Waals surface area (Å²) in [6.45, 7) is 0.352. The third-order valence-corrected chi connectivity index (χ3v) is 7.70. The molecule has 1 saturated carbocycles. The first-order valence-corrected chi connectivity index (χ1v) is 13.4. The van der Waals surface area contributed by atoms with Crippen molar-refractivity contribution in [1.29, 1.82) is 0 Å². The Kier molecular flexibility index (Phi) is 7.51. The summed E-state index contributed by atoms with van der Waals surface area (Å²) in [5.74, 6) is -0.774. The molecule has 0 aromatic heterocycles. The fraction of sp³-hybridized carbons (Fsp3) is 0.400. The Morgan fingerprint density at radius 2 is 1.80 bits per heavy atom. The van der Waals surface area contributed by atoms with Gasteiger partial charge in [0.15, 0.2) is 0 Å². The molecule has 2 aliphatic rings. The number of primary sulfonamides is 1. The average molecular weight is 499 g/mol. The number of anilines is 1. The second-order valence-electron chi connectivity index (χ2n) is 9.20. The summed E-state index contributed by atoms with van der Waals surface area (Å²) in [5.41, 5.74) is 1.78. The van der Waals surface area contributed by atoms with Crippen LogP contribution in [0.4, 0.5) is 5.69 Å². The van der Waals surface area contributed by atoms with Crippen LogP contribution in [0.3, 0.4) is 0 Å². The maximum absolute atomic E-state index is 13.0. The zero-order valence-corrected chi connectivity index (χ0v) is 20.1. The van der Waals surface area contributed by atoms with Crippen molar-refractivity contribution in [3.63, 3.8) is 0 Å². The molecule has 35 heavy (non-hydrogen) atoms. The number of amides is 3. The molecule has 3 unspecified atom stereocenters. The highest BCUT2D eigenvalue weighted by Gasteiger charge is 2.41. The molecule has 1 saturated heterocycles. The molecule has 1 aliphatic carbocycles. The van der Waals surface area contributed by atoms with Crippen LogP contribution in [0.5, 0.6) is 0 Å². The fourth-order valence-corrected chi connectivity index (χ4v) is 5.48. The molecule has 3 atom stereocenters. The minimum absolute atomic E-state index is 0.0389. The van der Waals surface area contributed by atoms with Gasteiger partial charge in [0.25, 0.3) is 5.91 Å². The molecule has 3 amide bonds. The molecule has 0 bridgehead atoms. The number of nitrogens with two attached hydrogens (primary N) is 1. The highest BCUT2D eigenvalue weighted by atomic mass is 32.2. The molecule has 2 fully saturated rings. The fourth-order valence-electron chi connectivity index (χ4n) is 4.97. The quantitative estimate of drug-likeness (QED) is 0.461. The number of fused-ring (bicyclic) bond motifs is 1. The topological polar surface area (TPSA) is 147 Å². The second kappa shape index (κ2) is 10.6. The third kappa shape index (κ3) is 6.26. The lowest BCUT2D eigenvalue weighted by Crippen LogP contribution is -2.53. The van der Waals surface area contributed by atoms with E-state index in [2.05, 4.69) is 16.0 Å². The number of hydrogen-bond acceptors (Lipinski definition) is 5. The molecular formula is C25H30N4O5S. The number of carbonyl (C=O) groups excluding carboxylic acids is 3. The monoisotopic (exact) mass is 498 g/mol. The van der Waals surface area contributed by atoms with Gasteiger partial charge < -0.3 is 16.0 Å². The van der Waals surface area contributed by atoms with Crippen LogP contribution < -0.4 is 21.1 Å². The van der Waals surface area contributed by atoms with Crippen LogP contribution in [-0.2, 0) is 26.0 Å². The lowest BCUT2D eigenvalue weighted by molar-refractivity contribution is -0.134. The molecule has 2 aromatic carbocycles. The number of nitrogens with one attached hydrogen (secondary N) is 3. The molecule has 10 heteroatoms. The molecule has 5 N–H and O–H groups in total. The van der Waals surface area contributed by atoms with Gasteiger partial charge in [-0.15, -0.1) is 0 Å². The van der Waals surface area contributed by atoms with E-state index in [0.29, 0.717) is 24.2 Å². The Labute approximate surface area is 204 Å². The summed E-state index contributed by atoms with van der Waals surface area (Å²) < 4.78 is 22.7. The van der Waals surface area contributed by atoms with Gasteiger partial charge in [-0.1, -0.05) is 31.0 Å². The molecule has 2 aromatic rings. The smallest absolute Gasteiger partial charge is 0.251 e. The van der Waals surface area contributed by atoms with Gasteiger partial charge >= 0.3 is 0 Å². The minimum atomic E-state index is -3.74.